The average Bonchev–Trinajstić information content (AvgIpc) is 2.97. The number of allylic oxidation sites excluding steroid dienone is 2. The van der Waals surface area contributed by atoms with E-state index in [0.717, 1.165) is 0 Å². The average molecular weight is 380 g/mol. The summed E-state index contributed by atoms with van der Waals surface area (Å²) in [5.74, 6) is -1.37. The van der Waals surface area contributed by atoms with E-state index in [2.05, 4.69) is 4.98 Å². The Kier molecular flexibility index (Phi) is 3.85. The molecule has 0 saturated carbocycles. The van der Waals surface area contributed by atoms with Gasteiger partial charge in [0.1, 0.15) is 5.75 Å². The van der Waals surface area contributed by atoms with Crippen LogP contribution >= 0.6 is 0 Å². The fraction of sp³-hybridized carbons (Fsp3) is 0.150. The monoisotopic (exact) mass is 380 g/mol. The highest BCUT2D eigenvalue weighted by molar-refractivity contribution is 6.29. The molecule has 0 amide bonds. The third-order valence-electron chi connectivity index (χ3n) is 4.86. The van der Waals surface area contributed by atoms with Gasteiger partial charge in [-0.25, -0.2) is 4.79 Å². The highest BCUT2D eigenvalue weighted by Gasteiger charge is 2.38. The molecular formula is C20H16N2O6. The number of nitrogens with one attached hydrogen (secondary N) is 1. The molecule has 0 atom stereocenters. The number of carbonyl (C=O) groups is 2. The second kappa shape index (κ2) is 6.12. The number of phenols is 1. The van der Waals surface area contributed by atoms with E-state index in [-0.39, 0.29) is 34.1 Å². The second-order valence-electron chi connectivity index (χ2n) is 6.33. The molecule has 0 bridgehead atoms. The molecule has 4 rings (SSSR count). The SMILES string of the molecule is COC1=C(OC)C(=O)c2c(cc3c([nH]c(=O)n3C)c2-c2ccc(O)cc2)C1=O. The van der Waals surface area contributed by atoms with Crippen molar-refractivity contribution in [1.29, 1.82) is 0 Å². The topological polar surface area (TPSA) is 111 Å². The lowest BCUT2D eigenvalue weighted by atomic mass is 9.85. The summed E-state index contributed by atoms with van der Waals surface area (Å²) in [6, 6.07) is 7.64. The van der Waals surface area contributed by atoms with Gasteiger partial charge in [-0.15, -0.1) is 0 Å². The van der Waals surface area contributed by atoms with Crippen molar-refractivity contribution in [1.82, 2.24) is 9.55 Å². The van der Waals surface area contributed by atoms with Gasteiger partial charge in [0.15, 0.2) is 0 Å². The lowest BCUT2D eigenvalue weighted by molar-refractivity contribution is 0.0830. The summed E-state index contributed by atoms with van der Waals surface area (Å²) in [5, 5.41) is 9.62. The Labute approximate surface area is 158 Å². The fourth-order valence-electron chi connectivity index (χ4n) is 3.50. The molecular weight excluding hydrogens is 364 g/mol. The van der Waals surface area contributed by atoms with Gasteiger partial charge in [0.2, 0.25) is 23.1 Å². The highest BCUT2D eigenvalue weighted by atomic mass is 16.5. The van der Waals surface area contributed by atoms with Crippen molar-refractivity contribution in [2.75, 3.05) is 14.2 Å². The van der Waals surface area contributed by atoms with E-state index in [4.69, 9.17) is 9.47 Å². The van der Waals surface area contributed by atoms with Gasteiger partial charge in [0.05, 0.1) is 25.3 Å². The number of imidazole rings is 1. The standard InChI is InChI=1S/C20H16N2O6/c1-22-12-8-11-14(17(25)19(28-3)18(27-2)16(11)24)13(15(12)21-20(22)26)9-4-6-10(23)7-5-9/h4-8,23H,1-3H3,(H,21,26). The molecule has 0 aliphatic heterocycles. The molecule has 3 aromatic rings. The van der Waals surface area contributed by atoms with Gasteiger partial charge in [0.25, 0.3) is 0 Å². The molecule has 8 nitrogen and oxygen atoms in total. The minimum absolute atomic E-state index is 0.0490. The van der Waals surface area contributed by atoms with Crippen LogP contribution in [0.2, 0.25) is 0 Å². The lowest BCUT2D eigenvalue weighted by Crippen LogP contribution is -2.25. The van der Waals surface area contributed by atoms with Crippen molar-refractivity contribution in [3.63, 3.8) is 0 Å². The van der Waals surface area contributed by atoms with Crippen LogP contribution in [-0.4, -0.2) is 40.4 Å². The molecule has 0 unspecified atom stereocenters. The van der Waals surface area contributed by atoms with E-state index < -0.39 is 11.6 Å². The van der Waals surface area contributed by atoms with Crippen molar-refractivity contribution in [3.8, 4) is 16.9 Å². The van der Waals surface area contributed by atoms with Crippen molar-refractivity contribution in [2.24, 2.45) is 7.05 Å². The number of ketones is 2. The number of benzene rings is 2. The molecule has 1 heterocycles. The zero-order chi connectivity index (χ0) is 20.2. The quantitative estimate of drug-likeness (QED) is 0.720. The third kappa shape index (κ3) is 2.27. The number of aromatic hydroxyl groups is 1. The summed E-state index contributed by atoms with van der Waals surface area (Å²) in [4.78, 5) is 41.2. The van der Waals surface area contributed by atoms with Gasteiger partial charge in [0, 0.05) is 23.7 Å². The molecule has 0 saturated heterocycles. The number of phenolic OH excluding ortho intramolecular Hbond substituents is 1. The van der Waals surface area contributed by atoms with E-state index in [1.165, 1.54) is 37.0 Å². The van der Waals surface area contributed by atoms with Crippen LogP contribution in [0.25, 0.3) is 22.2 Å². The molecule has 28 heavy (non-hydrogen) atoms. The Balaban J connectivity index is 2.18. The van der Waals surface area contributed by atoms with Crippen molar-refractivity contribution >= 4 is 22.6 Å². The van der Waals surface area contributed by atoms with Crippen LogP contribution in [0, 0.1) is 0 Å². The molecule has 0 fully saturated rings. The predicted octanol–water partition coefficient (Wildman–Crippen LogP) is 2.12. The number of methoxy groups -OCH3 is 2. The number of carbonyl (C=O) groups excluding carboxylic acids is 2. The van der Waals surface area contributed by atoms with E-state index >= 15 is 0 Å². The first kappa shape index (κ1) is 17.6. The van der Waals surface area contributed by atoms with Gasteiger partial charge in [-0.05, 0) is 23.8 Å². The third-order valence-corrected chi connectivity index (χ3v) is 4.86. The summed E-state index contributed by atoms with van der Waals surface area (Å²) in [6.07, 6.45) is 0. The molecule has 0 radical (unpaired) electrons. The molecule has 142 valence electrons. The second-order valence-corrected chi connectivity index (χ2v) is 6.33. The van der Waals surface area contributed by atoms with Crippen molar-refractivity contribution < 1.29 is 24.2 Å². The van der Waals surface area contributed by atoms with Gasteiger partial charge >= 0.3 is 5.69 Å². The van der Waals surface area contributed by atoms with E-state index in [1.807, 2.05) is 0 Å². The normalized spacial score (nSPS) is 13.8. The number of ether oxygens (including phenoxy) is 2. The van der Waals surface area contributed by atoms with Crippen LogP contribution in [0.4, 0.5) is 0 Å². The zero-order valence-corrected chi connectivity index (χ0v) is 15.3. The number of rotatable bonds is 3. The summed E-state index contributed by atoms with van der Waals surface area (Å²) >= 11 is 0. The van der Waals surface area contributed by atoms with E-state index in [1.54, 1.807) is 19.2 Å². The molecule has 1 aromatic heterocycles. The first-order valence-corrected chi connectivity index (χ1v) is 8.35. The number of aromatic nitrogens is 2. The minimum atomic E-state index is -0.524. The maximum atomic E-state index is 13.2. The Morgan fingerprint density at radius 3 is 2.14 bits per heavy atom. The van der Waals surface area contributed by atoms with Gasteiger partial charge in [-0.3, -0.25) is 14.2 Å². The Morgan fingerprint density at radius 1 is 0.929 bits per heavy atom. The highest BCUT2D eigenvalue weighted by Crippen LogP contribution is 2.39. The van der Waals surface area contributed by atoms with Crippen LogP contribution in [0.1, 0.15) is 20.7 Å². The summed E-state index contributed by atoms with van der Waals surface area (Å²) < 4.78 is 11.6. The maximum absolute atomic E-state index is 13.2. The van der Waals surface area contributed by atoms with E-state index in [0.29, 0.717) is 22.2 Å². The maximum Gasteiger partial charge on any atom is 0.326 e. The largest absolute Gasteiger partial charge is 0.508 e. The van der Waals surface area contributed by atoms with Crippen molar-refractivity contribution in [3.05, 3.63) is 63.5 Å². The summed E-state index contributed by atoms with van der Waals surface area (Å²) in [5.41, 5.74) is 1.66. The van der Waals surface area contributed by atoms with Crippen molar-refractivity contribution in [2.45, 2.75) is 0 Å². The molecule has 0 spiro atoms. The lowest BCUT2D eigenvalue weighted by Gasteiger charge is -2.22. The number of aromatic amines is 1. The first-order valence-electron chi connectivity index (χ1n) is 8.35. The number of Topliss-reactive ketones (excluding diaryl/α,β-unsaturated/α-hetero) is 2. The zero-order valence-electron chi connectivity index (χ0n) is 15.3. The number of hydrogen-bond donors (Lipinski definition) is 2. The molecule has 1 aliphatic rings. The molecule has 2 N–H and O–H groups in total. The van der Waals surface area contributed by atoms with Crippen LogP contribution in [0.15, 0.2) is 46.6 Å². The Bertz CT molecular complexity index is 1240. The number of hydrogen-bond acceptors (Lipinski definition) is 6. The fourth-order valence-corrected chi connectivity index (χ4v) is 3.50. The predicted molar refractivity (Wildman–Crippen MR) is 100 cm³/mol. The van der Waals surface area contributed by atoms with Gasteiger partial charge in [-0.2, -0.15) is 0 Å². The minimum Gasteiger partial charge on any atom is -0.508 e. The van der Waals surface area contributed by atoms with Crippen LogP contribution in [-0.2, 0) is 16.5 Å². The number of fused-ring (bicyclic) bond motifs is 2. The number of aryl methyl sites for hydroxylation is 1. The van der Waals surface area contributed by atoms with Gasteiger partial charge < -0.3 is 19.6 Å². The Hall–Kier alpha value is -3.81. The van der Waals surface area contributed by atoms with Crippen LogP contribution in [0.3, 0.4) is 0 Å². The molecule has 8 heteroatoms. The summed E-state index contributed by atoms with van der Waals surface area (Å²) in [7, 11) is 4.14. The van der Waals surface area contributed by atoms with Crippen LogP contribution in [0.5, 0.6) is 5.75 Å². The Morgan fingerprint density at radius 2 is 1.54 bits per heavy atom. The first-order chi connectivity index (χ1) is 13.4. The molecule has 1 aliphatic carbocycles. The summed E-state index contributed by atoms with van der Waals surface area (Å²) in [6.45, 7) is 0. The number of H-pyrrole nitrogens is 1. The molecule has 2 aromatic carbocycles. The van der Waals surface area contributed by atoms with Gasteiger partial charge in [-0.1, -0.05) is 12.1 Å². The smallest absolute Gasteiger partial charge is 0.326 e. The van der Waals surface area contributed by atoms with E-state index in [9.17, 15) is 19.5 Å². The van der Waals surface area contributed by atoms with Crippen LogP contribution < -0.4 is 5.69 Å². The number of nitrogens with zero attached hydrogens (tertiary/aromatic N) is 1.